The number of rotatable bonds is 6. The largest absolute Gasteiger partial charge is 0.477 e. The first-order valence-electron chi connectivity index (χ1n) is 8.21. The molecule has 0 spiro atoms. The van der Waals surface area contributed by atoms with Crippen molar-refractivity contribution in [2.24, 2.45) is 5.16 Å². The van der Waals surface area contributed by atoms with E-state index in [1.54, 1.807) is 6.08 Å². The molecule has 3 rings (SSSR count). The molecule has 148 valence electrons. The highest BCUT2D eigenvalue weighted by molar-refractivity contribution is 8.00. The van der Waals surface area contributed by atoms with E-state index in [1.165, 1.54) is 22.0 Å². The van der Waals surface area contributed by atoms with Crippen LogP contribution in [-0.4, -0.2) is 60.9 Å². The summed E-state index contributed by atoms with van der Waals surface area (Å²) in [5.41, 5.74) is 5.70. The molecule has 3 heterocycles. The number of anilines is 1. The second kappa shape index (κ2) is 8.02. The predicted octanol–water partition coefficient (Wildman–Crippen LogP) is 0.608. The van der Waals surface area contributed by atoms with E-state index in [0.29, 0.717) is 11.3 Å². The molecule has 0 aromatic carbocycles. The molecule has 2 aliphatic heterocycles. The Morgan fingerprint density at radius 3 is 2.86 bits per heavy atom. The number of thiazole rings is 1. The number of carboxylic acids is 1. The summed E-state index contributed by atoms with van der Waals surface area (Å²) in [5, 5.41) is 25.2. The van der Waals surface area contributed by atoms with E-state index in [1.807, 2.05) is 13.0 Å². The van der Waals surface area contributed by atoms with Gasteiger partial charge in [-0.2, -0.15) is 0 Å². The first-order valence-corrected chi connectivity index (χ1v) is 10.1. The lowest BCUT2D eigenvalue weighted by Crippen LogP contribution is -2.71. The Morgan fingerprint density at radius 2 is 2.29 bits per heavy atom. The number of carbonyl (C=O) groups excluding carboxylic acids is 2. The molecule has 28 heavy (non-hydrogen) atoms. The minimum atomic E-state index is -1.20. The van der Waals surface area contributed by atoms with Crippen molar-refractivity contribution in [2.45, 2.75) is 24.8 Å². The average molecular weight is 423 g/mol. The smallest absolute Gasteiger partial charge is 0.352 e. The van der Waals surface area contributed by atoms with Gasteiger partial charge in [-0.15, -0.1) is 23.1 Å². The number of carboxylic acid groups (broad SMARTS) is 1. The molecule has 2 amide bonds. The van der Waals surface area contributed by atoms with Crippen LogP contribution in [0.4, 0.5) is 5.13 Å². The summed E-state index contributed by atoms with van der Waals surface area (Å²) in [4.78, 5) is 41.7. The van der Waals surface area contributed by atoms with E-state index >= 15 is 0 Å². The van der Waals surface area contributed by atoms with Crippen LogP contribution >= 0.6 is 23.1 Å². The Hall–Kier alpha value is -2.86. The van der Waals surface area contributed by atoms with Gasteiger partial charge in [0, 0.05) is 11.1 Å². The SMILES string of the molecule is CC/C=C/C1=C(C(=O)O)N2C(=O)[C@@H](NC(=O)/C(=N\O)c3csc(N)n3)[C@H]2SC1. The molecule has 12 heteroatoms. The fourth-order valence-electron chi connectivity index (χ4n) is 2.85. The topological polar surface area (TPSA) is 158 Å². The van der Waals surface area contributed by atoms with Gasteiger partial charge in [-0.3, -0.25) is 14.5 Å². The van der Waals surface area contributed by atoms with Gasteiger partial charge in [0.2, 0.25) is 0 Å². The Bertz CT molecular complexity index is 922. The molecule has 1 aromatic heterocycles. The summed E-state index contributed by atoms with van der Waals surface area (Å²) in [6.07, 6.45) is 4.27. The Labute approximate surface area is 167 Å². The molecule has 0 aliphatic carbocycles. The van der Waals surface area contributed by atoms with Gasteiger partial charge in [0.05, 0.1) is 0 Å². The van der Waals surface area contributed by atoms with Gasteiger partial charge in [-0.25, -0.2) is 9.78 Å². The number of amides is 2. The molecule has 1 aromatic rings. The molecule has 0 bridgehead atoms. The number of hydrogen-bond acceptors (Lipinski definition) is 9. The van der Waals surface area contributed by atoms with Crippen molar-refractivity contribution in [3.05, 3.63) is 34.5 Å². The number of nitrogen functional groups attached to an aromatic ring is 1. The minimum absolute atomic E-state index is 0.0766. The minimum Gasteiger partial charge on any atom is -0.477 e. The quantitative estimate of drug-likeness (QED) is 0.224. The van der Waals surface area contributed by atoms with Gasteiger partial charge in [-0.05, 0) is 12.0 Å². The molecule has 2 aliphatic rings. The number of nitrogens with two attached hydrogens (primary N) is 1. The summed E-state index contributed by atoms with van der Waals surface area (Å²) in [6.45, 7) is 1.92. The summed E-state index contributed by atoms with van der Waals surface area (Å²) in [5.74, 6) is -2.15. The number of β-lactam (4-membered cyclic amide) rings is 1. The lowest BCUT2D eigenvalue weighted by molar-refractivity contribution is -0.150. The van der Waals surface area contributed by atoms with E-state index in [-0.39, 0.29) is 22.2 Å². The zero-order chi connectivity index (χ0) is 20.4. The van der Waals surface area contributed by atoms with Crippen molar-refractivity contribution in [3.63, 3.8) is 0 Å². The number of hydrogen-bond donors (Lipinski definition) is 4. The number of nitrogens with zero attached hydrogens (tertiary/aromatic N) is 3. The lowest BCUT2D eigenvalue weighted by atomic mass is 10.0. The third-order valence-corrected chi connectivity index (χ3v) is 6.10. The van der Waals surface area contributed by atoms with E-state index < -0.39 is 29.2 Å². The van der Waals surface area contributed by atoms with Crippen molar-refractivity contribution in [1.29, 1.82) is 0 Å². The van der Waals surface area contributed by atoms with Crippen LogP contribution in [-0.2, 0) is 14.4 Å². The molecule has 5 N–H and O–H groups in total. The third-order valence-electron chi connectivity index (χ3n) is 4.12. The van der Waals surface area contributed by atoms with Crippen LogP contribution < -0.4 is 11.1 Å². The number of allylic oxidation sites excluding steroid dienone is 2. The van der Waals surface area contributed by atoms with Crippen molar-refractivity contribution in [1.82, 2.24) is 15.2 Å². The van der Waals surface area contributed by atoms with Gasteiger partial charge in [-0.1, -0.05) is 24.2 Å². The van der Waals surface area contributed by atoms with E-state index in [2.05, 4.69) is 15.5 Å². The molecule has 0 unspecified atom stereocenters. The Morgan fingerprint density at radius 1 is 1.54 bits per heavy atom. The molecular weight excluding hydrogens is 406 g/mol. The summed E-state index contributed by atoms with van der Waals surface area (Å²) in [7, 11) is 0. The van der Waals surface area contributed by atoms with Gasteiger partial charge in [0.25, 0.3) is 11.8 Å². The van der Waals surface area contributed by atoms with E-state index in [0.717, 1.165) is 17.8 Å². The zero-order valence-corrected chi connectivity index (χ0v) is 16.3. The first-order chi connectivity index (χ1) is 13.4. The van der Waals surface area contributed by atoms with Crippen LogP contribution in [0, 0.1) is 0 Å². The summed E-state index contributed by atoms with van der Waals surface area (Å²) < 4.78 is 0. The lowest BCUT2D eigenvalue weighted by Gasteiger charge is -2.49. The highest BCUT2D eigenvalue weighted by Gasteiger charge is 2.54. The maximum atomic E-state index is 12.6. The average Bonchev–Trinajstić information content (AvgIpc) is 3.09. The highest BCUT2D eigenvalue weighted by Crippen LogP contribution is 2.40. The summed E-state index contributed by atoms with van der Waals surface area (Å²) >= 11 is 2.42. The van der Waals surface area contributed by atoms with Crippen molar-refractivity contribution in [2.75, 3.05) is 11.5 Å². The van der Waals surface area contributed by atoms with Crippen LogP contribution in [0.1, 0.15) is 19.0 Å². The maximum absolute atomic E-state index is 12.6. The monoisotopic (exact) mass is 423 g/mol. The second-order valence-corrected chi connectivity index (χ2v) is 7.86. The zero-order valence-electron chi connectivity index (χ0n) is 14.7. The second-order valence-electron chi connectivity index (χ2n) is 5.87. The van der Waals surface area contributed by atoms with Gasteiger partial charge >= 0.3 is 5.97 Å². The van der Waals surface area contributed by atoms with Crippen LogP contribution in [0.2, 0.25) is 0 Å². The highest BCUT2D eigenvalue weighted by atomic mass is 32.2. The van der Waals surface area contributed by atoms with Gasteiger partial charge in [0.1, 0.15) is 22.8 Å². The molecule has 1 fully saturated rings. The van der Waals surface area contributed by atoms with Crippen LogP contribution in [0.15, 0.2) is 34.0 Å². The normalized spacial score (nSPS) is 22.2. The third kappa shape index (κ3) is 3.47. The fourth-order valence-corrected chi connectivity index (χ4v) is 4.72. The number of aliphatic carboxylic acids is 1. The first kappa shape index (κ1) is 19.9. The Balaban J connectivity index is 1.78. The molecular formula is C16H17N5O5S2. The summed E-state index contributed by atoms with van der Waals surface area (Å²) in [6, 6.07) is -0.934. The van der Waals surface area contributed by atoms with Crippen molar-refractivity contribution in [3.8, 4) is 0 Å². The number of fused-ring (bicyclic) bond motifs is 1. The van der Waals surface area contributed by atoms with Gasteiger partial charge < -0.3 is 21.4 Å². The molecule has 0 radical (unpaired) electrons. The molecule has 0 saturated carbocycles. The van der Waals surface area contributed by atoms with Crippen molar-refractivity contribution >= 4 is 51.7 Å². The van der Waals surface area contributed by atoms with Crippen LogP contribution in [0.3, 0.4) is 0 Å². The number of aromatic nitrogens is 1. The fraction of sp³-hybridized carbons (Fsp3) is 0.312. The molecule has 1 saturated heterocycles. The number of oxime groups is 1. The molecule has 2 atom stereocenters. The van der Waals surface area contributed by atoms with E-state index in [9.17, 15) is 19.5 Å². The van der Waals surface area contributed by atoms with E-state index in [4.69, 9.17) is 10.9 Å². The van der Waals surface area contributed by atoms with Crippen LogP contribution in [0.5, 0.6) is 0 Å². The number of nitrogens with one attached hydrogen (secondary N) is 1. The standard InChI is InChI=1S/C16H17N5O5S2/c1-2-3-4-7-5-27-14-10(13(23)21(14)11(7)15(24)25)19-12(22)9(20-26)8-6-28-16(17)18-8/h3-4,6,10,14,26H,2,5H2,1H3,(H2,17,18)(H,19,22)(H,24,25)/b4-3+,20-9-/t10-,14-/m1/s1. The number of carbonyl (C=O) groups is 3. The number of thioether (sulfide) groups is 1. The predicted molar refractivity (Wildman–Crippen MR) is 104 cm³/mol. The maximum Gasteiger partial charge on any atom is 0.352 e. The Kier molecular flexibility index (Phi) is 5.70. The van der Waals surface area contributed by atoms with Crippen molar-refractivity contribution < 1.29 is 24.7 Å². The molecule has 10 nitrogen and oxygen atoms in total. The van der Waals surface area contributed by atoms with Gasteiger partial charge in [0.15, 0.2) is 10.8 Å². The van der Waals surface area contributed by atoms with Crippen LogP contribution in [0.25, 0.3) is 0 Å².